The fraction of sp³-hybridized carbons (Fsp3) is 0.273. The molecule has 0 unspecified atom stereocenters. The Kier molecular flexibility index (Phi) is 5.40. The zero-order valence-electron chi connectivity index (χ0n) is 16.8. The van der Waals surface area contributed by atoms with Gasteiger partial charge in [-0.2, -0.15) is 10.1 Å². The van der Waals surface area contributed by atoms with Crippen LogP contribution in [0.4, 0.5) is 5.69 Å². The summed E-state index contributed by atoms with van der Waals surface area (Å²) in [6, 6.07) is 10.9. The van der Waals surface area contributed by atoms with E-state index in [-0.39, 0.29) is 5.91 Å². The lowest BCUT2D eigenvalue weighted by molar-refractivity contribution is -0.119. The maximum absolute atomic E-state index is 12.7. The van der Waals surface area contributed by atoms with Crippen LogP contribution in [0.5, 0.6) is 0 Å². The molecule has 144 valence electrons. The second-order valence-corrected chi connectivity index (χ2v) is 7.17. The number of carbonyl (C=O) groups excluding carboxylic acids is 1. The van der Waals surface area contributed by atoms with Gasteiger partial charge in [0.15, 0.2) is 0 Å². The Bertz CT molecular complexity index is 1060. The van der Waals surface area contributed by atoms with Gasteiger partial charge in [-0.3, -0.25) is 4.79 Å². The van der Waals surface area contributed by atoms with Gasteiger partial charge in [0, 0.05) is 11.3 Å². The molecule has 0 radical (unpaired) electrons. The summed E-state index contributed by atoms with van der Waals surface area (Å²) in [6.45, 7) is 9.53. The highest BCUT2D eigenvalue weighted by Crippen LogP contribution is 2.23. The predicted molar refractivity (Wildman–Crippen MR) is 110 cm³/mol. The number of hydrogen-bond acceptors (Lipinski definition) is 4. The van der Waals surface area contributed by atoms with Crippen LogP contribution in [0.2, 0.25) is 0 Å². The molecule has 28 heavy (non-hydrogen) atoms. The molecular weight excluding hydrogens is 352 g/mol. The van der Waals surface area contributed by atoms with Crippen LogP contribution in [0.15, 0.2) is 47.4 Å². The van der Waals surface area contributed by atoms with Crippen LogP contribution in [0.1, 0.15) is 35.2 Å². The highest BCUT2D eigenvalue weighted by atomic mass is 16.2. The fourth-order valence-corrected chi connectivity index (χ4v) is 3.19. The maximum atomic E-state index is 12.7. The van der Waals surface area contributed by atoms with Crippen LogP contribution in [-0.4, -0.2) is 20.7 Å². The third kappa shape index (κ3) is 4.01. The number of aromatic nitrogens is 3. The van der Waals surface area contributed by atoms with Gasteiger partial charge in [-0.15, -0.1) is 0 Å². The van der Waals surface area contributed by atoms with Gasteiger partial charge in [0.05, 0.1) is 11.9 Å². The number of aryl methyl sites for hydroxylation is 4. The Morgan fingerprint density at radius 1 is 1.00 bits per heavy atom. The first-order valence-corrected chi connectivity index (χ1v) is 9.18. The van der Waals surface area contributed by atoms with Crippen molar-refractivity contribution >= 4 is 11.6 Å². The summed E-state index contributed by atoms with van der Waals surface area (Å²) >= 11 is 0. The molecule has 6 nitrogen and oxygen atoms in total. The monoisotopic (exact) mass is 376 g/mol. The number of amides is 1. The van der Waals surface area contributed by atoms with Gasteiger partial charge in [-0.25, -0.2) is 9.48 Å². The van der Waals surface area contributed by atoms with E-state index in [4.69, 9.17) is 0 Å². The van der Waals surface area contributed by atoms with E-state index in [2.05, 4.69) is 15.4 Å². The van der Waals surface area contributed by atoms with E-state index in [1.54, 1.807) is 6.92 Å². The van der Waals surface area contributed by atoms with Crippen LogP contribution in [0.3, 0.4) is 0 Å². The normalized spacial score (nSPS) is 11.9. The maximum Gasteiger partial charge on any atom is 0.365 e. The Morgan fingerprint density at radius 3 is 2.18 bits per heavy atom. The third-order valence-corrected chi connectivity index (χ3v) is 4.74. The summed E-state index contributed by atoms with van der Waals surface area (Å²) in [7, 11) is 0. The number of anilines is 1. The van der Waals surface area contributed by atoms with Crippen LogP contribution < -0.4 is 11.0 Å². The minimum absolute atomic E-state index is 0.311. The van der Waals surface area contributed by atoms with Gasteiger partial charge in [0.1, 0.15) is 6.04 Å². The zero-order valence-corrected chi connectivity index (χ0v) is 16.8. The molecule has 0 fully saturated rings. The molecule has 0 aliphatic rings. The van der Waals surface area contributed by atoms with Crippen LogP contribution in [0.25, 0.3) is 11.3 Å². The lowest BCUT2D eigenvalue weighted by Gasteiger charge is -2.17. The fourth-order valence-electron chi connectivity index (χ4n) is 3.19. The smallest absolute Gasteiger partial charge is 0.324 e. The van der Waals surface area contributed by atoms with Gasteiger partial charge in [-0.05, 0) is 45.7 Å². The van der Waals surface area contributed by atoms with E-state index in [1.165, 1.54) is 6.20 Å². The Morgan fingerprint density at radius 2 is 1.61 bits per heavy atom. The molecule has 3 rings (SSSR count). The number of nitrogens with zero attached hydrogens (tertiary/aromatic N) is 3. The van der Waals surface area contributed by atoms with Crippen molar-refractivity contribution in [2.24, 2.45) is 0 Å². The average molecular weight is 376 g/mol. The van der Waals surface area contributed by atoms with Crippen molar-refractivity contribution in [1.29, 1.82) is 0 Å². The second kappa shape index (κ2) is 7.76. The summed E-state index contributed by atoms with van der Waals surface area (Å²) in [4.78, 5) is 29.3. The van der Waals surface area contributed by atoms with E-state index in [0.29, 0.717) is 5.69 Å². The first kappa shape index (κ1) is 19.5. The van der Waals surface area contributed by atoms with Gasteiger partial charge < -0.3 is 5.32 Å². The standard InChI is InChI=1S/C22H24N4O2/c1-13-6-8-18(9-7-13)19-12-23-26(22(28)24-19)17(5)21(27)25-20-15(3)10-14(2)11-16(20)4/h6-12,17H,1-5H3,(H,25,27)/t17-/m0/s1. The summed E-state index contributed by atoms with van der Waals surface area (Å²) in [5, 5.41) is 7.10. The van der Waals surface area contributed by atoms with Crippen molar-refractivity contribution in [3.05, 3.63) is 75.3 Å². The molecule has 0 aliphatic carbocycles. The number of nitrogens with one attached hydrogen (secondary N) is 1. The van der Waals surface area contributed by atoms with E-state index in [9.17, 15) is 9.59 Å². The number of carbonyl (C=O) groups is 1. The molecule has 0 saturated heterocycles. The molecule has 1 atom stereocenters. The van der Waals surface area contributed by atoms with E-state index in [0.717, 1.165) is 38.2 Å². The summed E-state index contributed by atoms with van der Waals surface area (Å²) < 4.78 is 1.10. The molecule has 6 heteroatoms. The Labute approximate surface area is 164 Å². The molecule has 0 saturated carbocycles. The second-order valence-electron chi connectivity index (χ2n) is 7.17. The van der Waals surface area contributed by atoms with Crippen molar-refractivity contribution in [3.8, 4) is 11.3 Å². The van der Waals surface area contributed by atoms with Gasteiger partial charge in [0.2, 0.25) is 5.91 Å². The van der Waals surface area contributed by atoms with E-state index < -0.39 is 11.7 Å². The number of rotatable bonds is 4. The topological polar surface area (TPSA) is 76.9 Å². The molecule has 2 aromatic carbocycles. The molecule has 1 amide bonds. The summed E-state index contributed by atoms with van der Waals surface area (Å²) in [5.74, 6) is -0.311. The first-order chi connectivity index (χ1) is 13.3. The highest BCUT2D eigenvalue weighted by molar-refractivity contribution is 5.94. The minimum atomic E-state index is -0.785. The average Bonchev–Trinajstić information content (AvgIpc) is 2.64. The van der Waals surface area contributed by atoms with Gasteiger partial charge in [-0.1, -0.05) is 47.5 Å². The Balaban J connectivity index is 1.84. The van der Waals surface area contributed by atoms with E-state index >= 15 is 0 Å². The predicted octanol–water partition coefficient (Wildman–Crippen LogP) is 3.74. The van der Waals surface area contributed by atoms with Crippen molar-refractivity contribution in [2.45, 2.75) is 40.7 Å². The third-order valence-electron chi connectivity index (χ3n) is 4.74. The molecule has 0 aliphatic heterocycles. The van der Waals surface area contributed by atoms with E-state index in [1.807, 2.05) is 64.1 Å². The zero-order chi connectivity index (χ0) is 20.4. The van der Waals surface area contributed by atoms with Gasteiger partial charge in [0.25, 0.3) is 0 Å². The first-order valence-electron chi connectivity index (χ1n) is 9.18. The van der Waals surface area contributed by atoms with Gasteiger partial charge >= 0.3 is 5.69 Å². The lowest BCUT2D eigenvalue weighted by atomic mass is 10.0. The SMILES string of the molecule is Cc1ccc(-c2cnn([C@@H](C)C(=O)Nc3c(C)cc(C)cc3C)c(=O)n2)cc1. The number of benzene rings is 2. The number of hydrogen-bond donors (Lipinski definition) is 1. The van der Waals surface area contributed by atoms with Crippen molar-refractivity contribution in [1.82, 2.24) is 14.8 Å². The van der Waals surface area contributed by atoms with Crippen LogP contribution in [0, 0.1) is 27.7 Å². The summed E-state index contributed by atoms with van der Waals surface area (Å²) in [5.41, 5.74) is 5.71. The highest BCUT2D eigenvalue weighted by Gasteiger charge is 2.20. The summed E-state index contributed by atoms with van der Waals surface area (Å²) in [6.07, 6.45) is 1.51. The molecule has 1 aromatic heterocycles. The molecular formula is C22H24N4O2. The van der Waals surface area contributed by atoms with Crippen molar-refractivity contribution in [3.63, 3.8) is 0 Å². The largest absolute Gasteiger partial charge is 0.365 e. The quantitative estimate of drug-likeness (QED) is 0.752. The van der Waals surface area contributed by atoms with Crippen molar-refractivity contribution in [2.75, 3.05) is 5.32 Å². The minimum Gasteiger partial charge on any atom is -0.324 e. The molecule has 1 heterocycles. The molecule has 3 aromatic rings. The molecule has 0 bridgehead atoms. The molecule has 0 spiro atoms. The Hall–Kier alpha value is -3.28. The van der Waals surface area contributed by atoms with Crippen LogP contribution >= 0.6 is 0 Å². The lowest BCUT2D eigenvalue weighted by Crippen LogP contribution is -2.35. The molecule has 1 N–H and O–H groups in total. The van der Waals surface area contributed by atoms with Crippen LogP contribution in [-0.2, 0) is 4.79 Å². The van der Waals surface area contributed by atoms with Crippen molar-refractivity contribution < 1.29 is 4.79 Å².